The van der Waals surface area contributed by atoms with Crippen molar-refractivity contribution in [1.82, 2.24) is 9.78 Å². The molecule has 0 amide bonds. The van der Waals surface area contributed by atoms with E-state index in [0.29, 0.717) is 28.3 Å². The molecule has 7 heteroatoms. The predicted molar refractivity (Wildman–Crippen MR) is 94.4 cm³/mol. The van der Waals surface area contributed by atoms with Gasteiger partial charge in [-0.2, -0.15) is 0 Å². The zero-order valence-electron chi connectivity index (χ0n) is 13.5. The highest BCUT2D eigenvalue weighted by atomic mass is 35.5. The summed E-state index contributed by atoms with van der Waals surface area (Å²) in [6, 6.07) is 9.71. The lowest BCUT2D eigenvalue weighted by atomic mass is 10.1. The molecule has 0 unspecified atom stereocenters. The highest BCUT2D eigenvalue weighted by Crippen LogP contribution is 2.22. The molecule has 0 radical (unpaired) electrons. The lowest BCUT2D eigenvalue weighted by molar-refractivity contribution is 0.626. The predicted octanol–water partition coefficient (Wildman–Crippen LogP) is 4.55. The summed E-state index contributed by atoms with van der Waals surface area (Å²) in [5.74, 6) is -0.965. The Bertz CT molecular complexity index is 1020. The summed E-state index contributed by atoms with van der Waals surface area (Å²) in [5, 5.41) is 2.95. The monoisotopic (exact) mass is 361 g/mol. The second-order valence-electron chi connectivity index (χ2n) is 5.52. The van der Waals surface area contributed by atoms with Crippen molar-refractivity contribution in [2.24, 2.45) is 4.99 Å². The van der Waals surface area contributed by atoms with Gasteiger partial charge in [0.25, 0.3) is 5.56 Å². The van der Waals surface area contributed by atoms with E-state index in [0.717, 1.165) is 0 Å². The molecule has 0 saturated heterocycles. The van der Waals surface area contributed by atoms with Gasteiger partial charge in [-0.05, 0) is 50.2 Å². The largest absolute Gasteiger partial charge is 0.295 e. The second kappa shape index (κ2) is 6.64. The average Bonchev–Trinajstić information content (AvgIpc) is 2.86. The van der Waals surface area contributed by atoms with Gasteiger partial charge in [-0.3, -0.25) is 14.9 Å². The molecular formula is C18H14ClF2N3O. The van der Waals surface area contributed by atoms with Crippen molar-refractivity contribution in [2.45, 2.75) is 13.8 Å². The minimum Gasteiger partial charge on any atom is -0.295 e. The third-order valence-corrected chi connectivity index (χ3v) is 4.02. The van der Waals surface area contributed by atoms with Gasteiger partial charge in [0.15, 0.2) is 0 Å². The van der Waals surface area contributed by atoms with E-state index in [1.54, 1.807) is 19.9 Å². The van der Waals surface area contributed by atoms with Crippen LogP contribution in [0.1, 0.15) is 18.2 Å². The Labute approximate surface area is 147 Å². The molecule has 0 aliphatic rings. The number of benzene rings is 2. The van der Waals surface area contributed by atoms with E-state index in [-0.39, 0.29) is 16.4 Å². The lowest BCUT2D eigenvalue weighted by Gasteiger charge is -2.01. The van der Waals surface area contributed by atoms with Crippen molar-refractivity contribution < 1.29 is 8.78 Å². The fourth-order valence-corrected chi connectivity index (χ4v) is 2.67. The Hall–Kier alpha value is -2.73. The number of H-pyrrole nitrogens is 1. The molecule has 0 spiro atoms. The van der Waals surface area contributed by atoms with Crippen LogP contribution in [0.5, 0.6) is 0 Å². The lowest BCUT2D eigenvalue weighted by Crippen LogP contribution is -2.19. The van der Waals surface area contributed by atoms with Crippen LogP contribution in [0.25, 0.3) is 5.69 Å². The summed E-state index contributed by atoms with van der Waals surface area (Å²) in [6.45, 7) is 3.40. The standard InChI is InChI=1S/C18H14ClF2N3O/c1-10(22-13-5-8-15(19)16(21)9-13)17-11(2)23-24(18(17)25)14-6-3-12(20)4-7-14/h3-9,23H,1-2H3. The smallest absolute Gasteiger partial charge is 0.280 e. The molecule has 128 valence electrons. The molecule has 0 aliphatic heterocycles. The quantitative estimate of drug-likeness (QED) is 0.684. The van der Waals surface area contributed by atoms with Crippen LogP contribution in [-0.4, -0.2) is 15.5 Å². The van der Waals surface area contributed by atoms with Gasteiger partial charge in [0, 0.05) is 11.8 Å². The van der Waals surface area contributed by atoms with Gasteiger partial charge in [-0.15, -0.1) is 0 Å². The summed E-state index contributed by atoms with van der Waals surface area (Å²) < 4.78 is 27.9. The first kappa shape index (κ1) is 17.1. The molecule has 25 heavy (non-hydrogen) atoms. The average molecular weight is 362 g/mol. The van der Waals surface area contributed by atoms with Gasteiger partial charge in [-0.1, -0.05) is 11.6 Å². The highest BCUT2D eigenvalue weighted by Gasteiger charge is 2.15. The molecule has 0 aliphatic carbocycles. The van der Waals surface area contributed by atoms with Gasteiger partial charge in [0.05, 0.1) is 27.7 Å². The molecule has 3 aromatic rings. The molecular weight excluding hydrogens is 348 g/mol. The Morgan fingerprint density at radius 2 is 1.84 bits per heavy atom. The van der Waals surface area contributed by atoms with Gasteiger partial charge in [-0.25, -0.2) is 13.5 Å². The molecule has 1 heterocycles. The van der Waals surface area contributed by atoms with Crippen LogP contribution in [-0.2, 0) is 0 Å². The van der Waals surface area contributed by atoms with E-state index in [1.165, 1.54) is 41.1 Å². The number of aryl methyl sites for hydroxylation is 1. The third kappa shape index (κ3) is 3.39. The molecule has 2 aromatic carbocycles. The third-order valence-electron chi connectivity index (χ3n) is 3.72. The van der Waals surface area contributed by atoms with E-state index in [9.17, 15) is 13.6 Å². The number of hydrogen-bond donors (Lipinski definition) is 1. The zero-order chi connectivity index (χ0) is 18.1. The van der Waals surface area contributed by atoms with Crippen molar-refractivity contribution in [2.75, 3.05) is 0 Å². The van der Waals surface area contributed by atoms with Crippen LogP contribution in [0, 0.1) is 18.6 Å². The summed E-state index contributed by atoms with van der Waals surface area (Å²) in [6.07, 6.45) is 0. The highest BCUT2D eigenvalue weighted by molar-refractivity contribution is 6.30. The van der Waals surface area contributed by atoms with Crippen molar-refractivity contribution in [3.63, 3.8) is 0 Å². The van der Waals surface area contributed by atoms with Crippen LogP contribution in [0.2, 0.25) is 5.02 Å². The van der Waals surface area contributed by atoms with Crippen LogP contribution in [0.3, 0.4) is 0 Å². The molecule has 0 fully saturated rings. The normalized spacial score (nSPS) is 11.8. The van der Waals surface area contributed by atoms with E-state index in [1.807, 2.05) is 0 Å². The van der Waals surface area contributed by atoms with Gasteiger partial charge in [0.1, 0.15) is 11.6 Å². The summed E-state index contributed by atoms with van der Waals surface area (Å²) >= 11 is 5.66. The maximum absolute atomic E-state index is 13.5. The molecule has 1 aromatic heterocycles. The first-order valence-corrected chi connectivity index (χ1v) is 7.83. The van der Waals surface area contributed by atoms with Crippen molar-refractivity contribution >= 4 is 23.0 Å². The number of aromatic amines is 1. The Morgan fingerprint density at radius 1 is 1.16 bits per heavy atom. The maximum Gasteiger partial charge on any atom is 0.280 e. The Kier molecular flexibility index (Phi) is 4.55. The van der Waals surface area contributed by atoms with Crippen molar-refractivity contribution in [3.8, 4) is 5.69 Å². The Morgan fingerprint density at radius 3 is 2.48 bits per heavy atom. The van der Waals surface area contributed by atoms with Crippen LogP contribution < -0.4 is 5.56 Å². The minimum atomic E-state index is -0.578. The zero-order valence-corrected chi connectivity index (χ0v) is 14.2. The first-order chi connectivity index (χ1) is 11.9. The molecule has 0 saturated carbocycles. The fourth-order valence-electron chi connectivity index (χ4n) is 2.55. The van der Waals surface area contributed by atoms with Crippen LogP contribution >= 0.6 is 11.6 Å². The van der Waals surface area contributed by atoms with E-state index < -0.39 is 5.82 Å². The fraction of sp³-hybridized carbons (Fsp3) is 0.111. The van der Waals surface area contributed by atoms with Crippen molar-refractivity contribution in [3.05, 3.63) is 80.7 Å². The Balaban J connectivity index is 2.05. The minimum absolute atomic E-state index is 0.00749. The number of rotatable bonds is 3. The number of nitrogens with zero attached hydrogens (tertiary/aromatic N) is 2. The van der Waals surface area contributed by atoms with E-state index in [2.05, 4.69) is 10.1 Å². The molecule has 0 bridgehead atoms. The van der Waals surface area contributed by atoms with Crippen LogP contribution in [0.15, 0.2) is 52.3 Å². The number of nitrogens with one attached hydrogen (secondary N) is 1. The number of aliphatic imine (C=N–C) groups is 1. The number of hydrogen-bond acceptors (Lipinski definition) is 2. The van der Waals surface area contributed by atoms with E-state index in [4.69, 9.17) is 11.6 Å². The van der Waals surface area contributed by atoms with Gasteiger partial charge < -0.3 is 0 Å². The summed E-state index contributed by atoms with van der Waals surface area (Å²) in [5.41, 5.74) is 1.95. The molecule has 3 rings (SSSR count). The topological polar surface area (TPSA) is 50.1 Å². The summed E-state index contributed by atoms with van der Waals surface area (Å²) in [4.78, 5) is 17.0. The SMILES string of the molecule is CC(=Nc1ccc(Cl)c(F)c1)c1c(C)[nH]n(-c2ccc(F)cc2)c1=O. The molecule has 0 atom stereocenters. The molecule has 1 N–H and O–H groups in total. The molecule has 4 nitrogen and oxygen atoms in total. The number of aromatic nitrogens is 2. The maximum atomic E-state index is 13.5. The van der Waals surface area contributed by atoms with Gasteiger partial charge in [0.2, 0.25) is 0 Å². The van der Waals surface area contributed by atoms with Crippen molar-refractivity contribution in [1.29, 1.82) is 0 Å². The van der Waals surface area contributed by atoms with Gasteiger partial charge >= 0.3 is 0 Å². The second-order valence-corrected chi connectivity index (χ2v) is 5.93. The summed E-state index contributed by atoms with van der Waals surface area (Å²) in [7, 11) is 0. The number of halogens is 3. The first-order valence-electron chi connectivity index (χ1n) is 7.45. The van der Waals surface area contributed by atoms with Crippen LogP contribution in [0.4, 0.5) is 14.5 Å². The van der Waals surface area contributed by atoms with E-state index >= 15 is 0 Å².